The lowest BCUT2D eigenvalue weighted by Gasteiger charge is -2.32. The van der Waals surface area contributed by atoms with E-state index < -0.39 is 11.8 Å². The number of nitrogens with one attached hydrogen (secondary N) is 2. The number of hydrogen-bond donors (Lipinski definition) is 2. The van der Waals surface area contributed by atoms with E-state index in [4.69, 9.17) is 21.1 Å². The Hall–Kier alpha value is -3.51. The predicted octanol–water partition coefficient (Wildman–Crippen LogP) is 3.70. The number of benzene rings is 1. The normalized spacial score (nSPS) is 18.9. The summed E-state index contributed by atoms with van der Waals surface area (Å²) in [5, 5.41) is 6.16. The van der Waals surface area contributed by atoms with Crippen LogP contribution in [0, 0.1) is 0 Å². The van der Waals surface area contributed by atoms with Gasteiger partial charge in [-0.05, 0) is 43.7 Å². The van der Waals surface area contributed by atoms with Crippen LogP contribution in [0.25, 0.3) is 0 Å². The fourth-order valence-electron chi connectivity index (χ4n) is 4.58. The van der Waals surface area contributed by atoms with E-state index in [1.54, 1.807) is 28.0 Å². The number of ether oxygens (including phenoxy) is 2. The Morgan fingerprint density at radius 2 is 2.15 bits per heavy atom. The standard InChI is InChI=1S/C26H31ClF2N6O4/c1-3-22(36)32-20-6-5-17(13-21(20)39-12-11-34-9-4-8-26(28,29)16-34)24(37)35-10-7-18(15-35)31-25-30-14-19(27)23(33-25)38-2/h3,5-6,13-14,18H,1,4,7-12,15-16H2,2H3,(H,32,36)(H,30,31,33)/t18-/m1/s1. The zero-order chi connectivity index (χ0) is 28.0. The van der Waals surface area contributed by atoms with Crippen molar-refractivity contribution in [3.05, 3.63) is 47.6 Å². The number of hydrogen-bond acceptors (Lipinski definition) is 8. The number of rotatable bonds is 10. The van der Waals surface area contributed by atoms with Crippen LogP contribution >= 0.6 is 11.6 Å². The highest BCUT2D eigenvalue weighted by Gasteiger charge is 2.35. The number of carbonyl (C=O) groups is 2. The summed E-state index contributed by atoms with van der Waals surface area (Å²) in [6.07, 6.45) is 3.55. The molecule has 10 nitrogen and oxygen atoms in total. The lowest BCUT2D eigenvalue weighted by atomic mass is 10.1. The third-order valence-electron chi connectivity index (χ3n) is 6.52. The third-order valence-corrected chi connectivity index (χ3v) is 6.78. The van der Waals surface area contributed by atoms with Crippen molar-refractivity contribution < 1.29 is 27.8 Å². The molecule has 2 amide bonds. The van der Waals surface area contributed by atoms with E-state index in [1.165, 1.54) is 13.3 Å². The molecule has 2 aromatic rings. The van der Waals surface area contributed by atoms with Gasteiger partial charge in [0.15, 0.2) is 0 Å². The van der Waals surface area contributed by atoms with Gasteiger partial charge in [0.1, 0.15) is 17.4 Å². The first-order valence-corrected chi connectivity index (χ1v) is 13.0. The summed E-state index contributed by atoms with van der Waals surface area (Å²) in [4.78, 5) is 36.9. The Labute approximate surface area is 230 Å². The van der Waals surface area contributed by atoms with Gasteiger partial charge < -0.3 is 25.0 Å². The summed E-state index contributed by atoms with van der Waals surface area (Å²) in [5.41, 5.74) is 0.728. The number of carbonyl (C=O) groups excluding carboxylic acids is 2. The van der Waals surface area contributed by atoms with Crippen LogP contribution in [0.1, 0.15) is 29.6 Å². The van der Waals surface area contributed by atoms with Crippen LogP contribution in [0.15, 0.2) is 37.1 Å². The highest BCUT2D eigenvalue weighted by atomic mass is 35.5. The third kappa shape index (κ3) is 7.54. The molecule has 2 aliphatic rings. The van der Waals surface area contributed by atoms with Crippen molar-refractivity contribution in [2.24, 2.45) is 0 Å². The van der Waals surface area contributed by atoms with Crippen molar-refractivity contribution in [2.75, 3.05) is 57.1 Å². The van der Waals surface area contributed by atoms with Gasteiger partial charge in [-0.2, -0.15) is 4.98 Å². The van der Waals surface area contributed by atoms with Crippen LogP contribution in [0.2, 0.25) is 5.02 Å². The fourth-order valence-corrected chi connectivity index (χ4v) is 4.74. The predicted molar refractivity (Wildman–Crippen MR) is 143 cm³/mol. The van der Waals surface area contributed by atoms with Crippen molar-refractivity contribution in [2.45, 2.75) is 31.2 Å². The molecule has 0 bridgehead atoms. The van der Waals surface area contributed by atoms with Gasteiger partial charge in [-0.1, -0.05) is 18.2 Å². The molecular formula is C26H31ClF2N6O4. The molecule has 1 atom stereocenters. The fraction of sp³-hybridized carbons (Fsp3) is 0.462. The maximum atomic E-state index is 13.7. The smallest absolute Gasteiger partial charge is 0.260 e. The largest absolute Gasteiger partial charge is 0.490 e. The maximum absolute atomic E-state index is 13.7. The van der Waals surface area contributed by atoms with Gasteiger partial charge >= 0.3 is 0 Å². The van der Waals surface area contributed by atoms with E-state index >= 15 is 0 Å². The molecule has 2 N–H and O–H groups in total. The first-order chi connectivity index (χ1) is 18.7. The zero-order valence-corrected chi connectivity index (χ0v) is 22.3. The van der Waals surface area contributed by atoms with Gasteiger partial charge in [0.25, 0.3) is 11.8 Å². The van der Waals surface area contributed by atoms with E-state index in [2.05, 4.69) is 27.2 Å². The SMILES string of the molecule is C=CC(=O)Nc1ccc(C(=O)N2CC[C@@H](Nc3ncc(Cl)c(OC)n3)C2)cc1OCCN1CCCC(F)(F)C1. The zero-order valence-electron chi connectivity index (χ0n) is 21.6. The number of piperidine rings is 1. The molecule has 0 radical (unpaired) electrons. The molecule has 4 rings (SSSR count). The number of amides is 2. The molecule has 2 saturated heterocycles. The van der Waals surface area contributed by atoms with Gasteiger partial charge in [0, 0.05) is 37.7 Å². The van der Waals surface area contributed by atoms with E-state index in [0.29, 0.717) is 61.2 Å². The van der Waals surface area contributed by atoms with Crippen LogP contribution in [0.3, 0.4) is 0 Å². The highest BCUT2D eigenvalue weighted by molar-refractivity contribution is 6.31. The monoisotopic (exact) mass is 564 g/mol. The minimum atomic E-state index is -2.71. The maximum Gasteiger partial charge on any atom is 0.260 e. The molecule has 210 valence electrons. The van der Waals surface area contributed by atoms with Crippen LogP contribution < -0.4 is 20.1 Å². The summed E-state index contributed by atoms with van der Waals surface area (Å²) in [6, 6.07) is 4.66. The second kappa shape index (κ2) is 12.6. The molecule has 1 aromatic heterocycles. The number of aromatic nitrogens is 2. The summed E-state index contributed by atoms with van der Waals surface area (Å²) < 4.78 is 38.5. The van der Waals surface area contributed by atoms with Gasteiger partial charge in [0.2, 0.25) is 17.7 Å². The average molecular weight is 565 g/mol. The van der Waals surface area contributed by atoms with Crippen molar-refractivity contribution in [1.29, 1.82) is 0 Å². The van der Waals surface area contributed by atoms with Crippen molar-refractivity contribution in [1.82, 2.24) is 19.8 Å². The van der Waals surface area contributed by atoms with Crippen LogP contribution in [-0.4, -0.2) is 90.0 Å². The molecular weight excluding hydrogens is 534 g/mol. The second-order valence-corrected chi connectivity index (χ2v) is 9.83. The Morgan fingerprint density at radius 1 is 1.33 bits per heavy atom. The van der Waals surface area contributed by atoms with Crippen LogP contribution in [0.5, 0.6) is 11.6 Å². The van der Waals surface area contributed by atoms with Crippen LogP contribution in [-0.2, 0) is 4.79 Å². The quantitative estimate of drug-likeness (QED) is 0.421. The Balaban J connectivity index is 1.41. The molecule has 13 heteroatoms. The van der Waals surface area contributed by atoms with Crippen LogP contribution in [0.4, 0.5) is 20.4 Å². The number of halogens is 3. The van der Waals surface area contributed by atoms with E-state index in [0.717, 1.165) is 6.08 Å². The molecule has 0 unspecified atom stereocenters. The molecule has 2 fully saturated rings. The number of nitrogens with zero attached hydrogens (tertiary/aromatic N) is 4. The Morgan fingerprint density at radius 3 is 2.90 bits per heavy atom. The first-order valence-electron chi connectivity index (χ1n) is 12.6. The molecule has 0 spiro atoms. The minimum absolute atomic E-state index is 0.0793. The Kier molecular flexibility index (Phi) is 9.18. The molecule has 0 aliphatic carbocycles. The van der Waals surface area contributed by atoms with Gasteiger partial charge in [-0.3, -0.25) is 14.5 Å². The highest BCUT2D eigenvalue weighted by Crippen LogP contribution is 2.29. The average Bonchev–Trinajstić information content (AvgIpc) is 3.38. The summed E-state index contributed by atoms with van der Waals surface area (Å²) >= 11 is 5.99. The van der Waals surface area contributed by atoms with Gasteiger partial charge in [-0.15, -0.1) is 0 Å². The van der Waals surface area contributed by atoms with Crippen molar-refractivity contribution >= 4 is 35.1 Å². The summed E-state index contributed by atoms with van der Waals surface area (Å²) in [5.74, 6) is -2.48. The number of likely N-dealkylation sites (tertiary alicyclic amines) is 2. The minimum Gasteiger partial charge on any atom is -0.490 e. The van der Waals surface area contributed by atoms with Crippen molar-refractivity contribution in [3.63, 3.8) is 0 Å². The van der Waals surface area contributed by atoms with Gasteiger partial charge in [0.05, 0.1) is 25.5 Å². The Bertz CT molecular complexity index is 1220. The first kappa shape index (κ1) is 28.5. The lowest BCUT2D eigenvalue weighted by Crippen LogP contribution is -2.44. The molecule has 39 heavy (non-hydrogen) atoms. The second-order valence-electron chi connectivity index (χ2n) is 9.42. The number of alkyl halides is 2. The lowest BCUT2D eigenvalue weighted by molar-refractivity contribution is -0.111. The van der Waals surface area contributed by atoms with Gasteiger partial charge in [-0.25, -0.2) is 13.8 Å². The number of anilines is 2. The van der Waals surface area contributed by atoms with Crippen molar-refractivity contribution in [3.8, 4) is 11.6 Å². The summed E-state index contributed by atoms with van der Waals surface area (Å²) in [7, 11) is 1.46. The summed E-state index contributed by atoms with van der Waals surface area (Å²) in [6.45, 7) is 5.04. The van der Waals surface area contributed by atoms with E-state index in [-0.39, 0.29) is 43.2 Å². The van der Waals surface area contributed by atoms with E-state index in [9.17, 15) is 18.4 Å². The number of methoxy groups -OCH3 is 1. The topological polar surface area (TPSA) is 109 Å². The molecule has 0 saturated carbocycles. The molecule has 2 aliphatic heterocycles. The molecule has 1 aromatic carbocycles. The molecule has 3 heterocycles. The van der Waals surface area contributed by atoms with E-state index in [1.807, 2.05) is 0 Å².